The molecule has 3 aliphatic heterocycles. The van der Waals surface area contributed by atoms with E-state index in [4.69, 9.17) is 9.47 Å². The van der Waals surface area contributed by atoms with Crippen molar-refractivity contribution in [1.82, 2.24) is 4.90 Å². The maximum atomic E-state index is 13.8. The van der Waals surface area contributed by atoms with Crippen LogP contribution in [0.3, 0.4) is 0 Å². The molecule has 6 atom stereocenters. The lowest BCUT2D eigenvalue weighted by Gasteiger charge is -2.36. The molecule has 2 bridgehead atoms. The molecule has 2 N–H and O–H groups in total. The number of benzene rings is 1. The topological polar surface area (TPSA) is 105 Å². The van der Waals surface area contributed by atoms with Crippen LogP contribution in [-0.2, 0) is 23.9 Å². The van der Waals surface area contributed by atoms with Gasteiger partial charge in [0.1, 0.15) is 17.6 Å². The van der Waals surface area contributed by atoms with Crippen LogP contribution in [0.4, 0.5) is 5.69 Å². The second kappa shape index (κ2) is 8.40. The maximum Gasteiger partial charge on any atom is 0.312 e. The average Bonchev–Trinajstić information content (AvgIpc) is 3.33. The number of likely N-dealkylation sites (tertiary alicyclic amines) is 1. The number of nitrogens with one attached hydrogen (secondary N) is 1. The van der Waals surface area contributed by atoms with Gasteiger partial charge >= 0.3 is 5.97 Å². The van der Waals surface area contributed by atoms with E-state index in [1.165, 1.54) is 4.90 Å². The van der Waals surface area contributed by atoms with Gasteiger partial charge in [0.05, 0.1) is 30.8 Å². The monoisotopic (exact) mass is 458 g/mol. The molecule has 0 aromatic heterocycles. The number of aryl methyl sites for hydroxylation is 2. The molecular formula is C25H34N2O6. The van der Waals surface area contributed by atoms with Crippen LogP contribution >= 0.6 is 0 Å². The van der Waals surface area contributed by atoms with Gasteiger partial charge in [0.25, 0.3) is 0 Å². The molecular weight excluding hydrogens is 424 g/mol. The molecule has 8 heteroatoms. The Bertz CT molecular complexity index is 976. The van der Waals surface area contributed by atoms with Crippen LogP contribution in [0.2, 0.25) is 0 Å². The van der Waals surface area contributed by atoms with Crippen LogP contribution in [-0.4, -0.2) is 64.3 Å². The lowest BCUT2D eigenvalue weighted by Crippen LogP contribution is -2.56. The fourth-order valence-electron chi connectivity index (χ4n) is 6.13. The van der Waals surface area contributed by atoms with Crippen molar-refractivity contribution < 1.29 is 29.0 Å². The number of hydrogen-bond acceptors (Lipinski definition) is 6. The number of fused-ring (bicyclic) bond motifs is 1. The van der Waals surface area contributed by atoms with Gasteiger partial charge in [-0.1, -0.05) is 19.1 Å². The van der Waals surface area contributed by atoms with Crippen molar-refractivity contribution in [1.29, 1.82) is 0 Å². The minimum Gasteiger partial charge on any atom is -0.466 e. The molecule has 180 valence electrons. The highest BCUT2D eigenvalue weighted by Gasteiger charge is 2.78. The Morgan fingerprint density at radius 1 is 1.30 bits per heavy atom. The van der Waals surface area contributed by atoms with E-state index in [1.54, 1.807) is 6.92 Å². The van der Waals surface area contributed by atoms with Crippen LogP contribution in [0.15, 0.2) is 18.2 Å². The summed E-state index contributed by atoms with van der Waals surface area (Å²) in [4.78, 5) is 42.1. The smallest absolute Gasteiger partial charge is 0.312 e. The first-order chi connectivity index (χ1) is 15.6. The molecule has 8 nitrogen and oxygen atoms in total. The Morgan fingerprint density at radius 2 is 2.03 bits per heavy atom. The van der Waals surface area contributed by atoms with Crippen molar-refractivity contribution in [2.24, 2.45) is 11.8 Å². The largest absolute Gasteiger partial charge is 0.466 e. The van der Waals surface area contributed by atoms with Crippen LogP contribution in [0, 0.1) is 25.7 Å². The van der Waals surface area contributed by atoms with E-state index in [-0.39, 0.29) is 25.0 Å². The van der Waals surface area contributed by atoms with Gasteiger partial charge in [0.2, 0.25) is 11.8 Å². The fraction of sp³-hybridized carbons (Fsp3) is 0.640. The summed E-state index contributed by atoms with van der Waals surface area (Å²) in [6.45, 7) is 9.20. The highest BCUT2D eigenvalue weighted by atomic mass is 16.6. The number of rotatable bonds is 7. The van der Waals surface area contributed by atoms with Gasteiger partial charge < -0.3 is 24.8 Å². The molecule has 1 aromatic rings. The molecule has 3 aliphatic rings. The van der Waals surface area contributed by atoms with E-state index >= 15 is 0 Å². The number of aliphatic hydroxyl groups is 1. The average molecular weight is 459 g/mol. The van der Waals surface area contributed by atoms with E-state index in [9.17, 15) is 19.5 Å². The van der Waals surface area contributed by atoms with Gasteiger partial charge in [-0.3, -0.25) is 14.4 Å². The summed E-state index contributed by atoms with van der Waals surface area (Å²) in [7, 11) is 0. The Kier molecular flexibility index (Phi) is 6.03. The highest BCUT2D eigenvalue weighted by molar-refractivity contribution is 6.03. The number of carbonyl (C=O) groups is 3. The normalized spacial score (nSPS) is 33.2. The molecule has 4 rings (SSSR count). The van der Waals surface area contributed by atoms with E-state index < -0.39 is 41.1 Å². The molecule has 3 heterocycles. The number of esters is 1. The van der Waals surface area contributed by atoms with Crippen molar-refractivity contribution in [2.75, 3.05) is 18.5 Å². The van der Waals surface area contributed by atoms with E-state index in [0.29, 0.717) is 24.9 Å². The third kappa shape index (κ3) is 3.46. The summed E-state index contributed by atoms with van der Waals surface area (Å²) in [5, 5.41) is 13.1. The third-order valence-electron chi connectivity index (χ3n) is 7.73. The van der Waals surface area contributed by atoms with Crippen LogP contribution in [0.5, 0.6) is 0 Å². The lowest BCUT2D eigenvalue weighted by molar-refractivity contribution is -0.160. The van der Waals surface area contributed by atoms with Gasteiger partial charge in [-0.25, -0.2) is 0 Å². The third-order valence-corrected chi connectivity index (χ3v) is 7.73. The molecule has 33 heavy (non-hydrogen) atoms. The maximum absolute atomic E-state index is 13.8. The quantitative estimate of drug-likeness (QED) is 0.608. The number of anilines is 1. The Morgan fingerprint density at radius 3 is 2.67 bits per heavy atom. The summed E-state index contributed by atoms with van der Waals surface area (Å²) in [5.74, 6) is -2.74. The van der Waals surface area contributed by atoms with Crippen molar-refractivity contribution in [3.05, 3.63) is 29.3 Å². The molecule has 3 fully saturated rings. The summed E-state index contributed by atoms with van der Waals surface area (Å²) < 4.78 is 11.8. The highest BCUT2D eigenvalue weighted by Crippen LogP contribution is 2.63. The number of aliphatic hydroxyl groups excluding tert-OH is 1. The molecule has 0 radical (unpaired) electrons. The Balaban J connectivity index is 1.78. The van der Waals surface area contributed by atoms with E-state index in [2.05, 4.69) is 5.32 Å². The van der Waals surface area contributed by atoms with Gasteiger partial charge in [0.15, 0.2) is 0 Å². The zero-order valence-corrected chi connectivity index (χ0v) is 20.0. The van der Waals surface area contributed by atoms with Crippen molar-refractivity contribution in [3.8, 4) is 0 Å². The first kappa shape index (κ1) is 23.7. The number of ether oxygens (including phenoxy) is 2. The Labute approximate surface area is 194 Å². The first-order valence-electron chi connectivity index (χ1n) is 11.8. The number of carbonyl (C=O) groups excluding carboxylic acids is 3. The molecule has 2 unspecified atom stereocenters. The zero-order chi connectivity index (χ0) is 24.1. The minimum absolute atomic E-state index is 0.202. The van der Waals surface area contributed by atoms with Gasteiger partial charge in [-0.2, -0.15) is 0 Å². The van der Waals surface area contributed by atoms with Crippen molar-refractivity contribution in [2.45, 2.75) is 77.2 Å². The Hall–Kier alpha value is -2.45. The van der Waals surface area contributed by atoms with Gasteiger partial charge in [-0.15, -0.1) is 0 Å². The lowest BCUT2D eigenvalue weighted by atomic mass is 9.66. The molecule has 1 aromatic carbocycles. The second-order valence-electron chi connectivity index (χ2n) is 9.78. The van der Waals surface area contributed by atoms with Crippen molar-refractivity contribution in [3.63, 3.8) is 0 Å². The fourth-order valence-corrected chi connectivity index (χ4v) is 6.13. The van der Waals surface area contributed by atoms with Crippen molar-refractivity contribution >= 4 is 23.5 Å². The van der Waals surface area contributed by atoms with Crippen LogP contribution in [0.1, 0.15) is 51.2 Å². The predicted molar refractivity (Wildman–Crippen MR) is 121 cm³/mol. The number of amides is 2. The summed E-state index contributed by atoms with van der Waals surface area (Å²) in [5.41, 5.74) is 0.581. The van der Waals surface area contributed by atoms with Gasteiger partial charge in [0, 0.05) is 5.69 Å². The minimum atomic E-state index is -1.13. The molecule has 3 saturated heterocycles. The van der Waals surface area contributed by atoms with Crippen LogP contribution in [0.25, 0.3) is 0 Å². The standard InChI is InChI=1S/C25H34N2O6/c1-6-16(13-28)27-20(21(29)26-17-12-14(3)8-9-15(17)4)25-11-10-24(5,33-25)19(18(25)22(27)30)23(31)32-7-2/h8-9,12,16,18-20,28H,6-7,10-11,13H2,1-5H3,(H,26,29)/t16-,18-,19+,20?,24-,25?/m0/s1. The summed E-state index contributed by atoms with van der Waals surface area (Å²) >= 11 is 0. The molecule has 1 spiro atoms. The van der Waals surface area contributed by atoms with Gasteiger partial charge in [-0.05, 0) is 64.2 Å². The first-order valence-corrected chi connectivity index (χ1v) is 11.8. The zero-order valence-electron chi connectivity index (χ0n) is 20.0. The van der Waals surface area contributed by atoms with E-state index in [0.717, 1.165) is 11.1 Å². The molecule has 0 saturated carbocycles. The second-order valence-corrected chi connectivity index (χ2v) is 9.78. The number of hydrogen-bond donors (Lipinski definition) is 2. The predicted octanol–water partition coefficient (Wildman–Crippen LogP) is 2.34. The summed E-state index contributed by atoms with van der Waals surface area (Å²) in [6.07, 6.45) is 1.51. The number of nitrogens with zero attached hydrogens (tertiary/aromatic N) is 1. The molecule has 2 amide bonds. The van der Waals surface area contributed by atoms with Crippen LogP contribution < -0.4 is 5.32 Å². The molecule has 0 aliphatic carbocycles. The SMILES string of the molecule is CCOC(=O)[C@H]1[C@H]2C(=O)N([C@@H](CC)CO)C(C(=O)Nc3cc(C)ccc3C)C23CC[C@]1(C)O3. The summed E-state index contributed by atoms with van der Waals surface area (Å²) in [6, 6.07) is 4.29. The van der Waals surface area contributed by atoms with E-state index in [1.807, 2.05) is 45.9 Å².